The number of hydrogen-bond donors (Lipinski definition) is 1. The molecule has 2 aromatic carbocycles. The molecule has 1 aliphatic heterocycles. The topological polar surface area (TPSA) is 66.5 Å². The van der Waals surface area contributed by atoms with E-state index in [-0.39, 0.29) is 17.6 Å². The van der Waals surface area contributed by atoms with Gasteiger partial charge >= 0.3 is 0 Å². The summed E-state index contributed by atoms with van der Waals surface area (Å²) in [6.45, 7) is 0.714. The Balaban J connectivity index is 1.57. The third kappa shape index (κ3) is 4.63. The summed E-state index contributed by atoms with van der Waals surface area (Å²) in [4.78, 5) is 12.4. The SMILES string of the molecule is O=C(Nc1ccccc1Cl)C1CCN(S(=O)(=O)Cc2ccccc2)CC1. The molecule has 3 rings (SSSR count). The third-order valence-corrected chi connectivity index (χ3v) is 6.72. The molecule has 0 radical (unpaired) electrons. The van der Waals surface area contributed by atoms with E-state index in [1.165, 1.54) is 4.31 Å². The molecule has 0 spiro atoms. The second kappa shape index (κ2) is 8.20. The van der Waals surface area contributed by atoms with Crippen molar-refractivity contribution in [3.05, 3.63) is 65.2 Å². The molecule has 0 atom stereocenters. The van der Waals surface area contributed by atoms with Gasteiger partial charge in [-0.2, -0.15) is 0 Å². The molecule has 1 amide bonds. The van der Waals surface area contributed by atoms with Crippen molar-refractivity contribution < 1.29 is 13.2 Å². The van der Waals surface area contributed by atoms with Crippen molar-refractivity contribution in [3.63, 3.8) is 0 Å². The largest absolute Gasteiger partial charge is 0.325 e. The van der Waals surface area contributed by atoms with Crippen LogP contribution >= 0.6 is 11.6 Å². The molecule has 138 valence electrons. The van der Waals surface area contributed by atoms with Crippen LogP contribution in [-0.2, 0) is 20.6 Å². The van der Waals surface area contributed by atoms with Gasteiger partial charge in [0.15, 0.2) is 0 Å². The Hall–Kier alpha value is -1.89. The molecule has 1 fully saturated rings. The lowest BCUT2D eigenvalue weighted by atomic mass is 9.97. The van der Waals surface area contributed by atoms with Crippen LogP contribution in [0.25, 0.3) is 0 Å². The minimum Gasteiger partial charge on any atom is -0.325 e. The summed E-state index contributed by atoms with van der Waals surface area (Å²) in [7, 11) is -3.37. The second-order valence-electron chi connectivity index (χ2n) is 6.38. The highest BCUT2D eigenvalue weighted by Gasteiger charge is 2.31. The predicted octanol–water partition coefficient (Wildman–Crippen LogP) is 3.52. The van der Waals surface area contributed by atoms with Gasteiger partial charge in [-0.3, -0.25) is 4.79 Å². The fraction of sp³-hybridized carbons (Fsp3) is 0.316. The molecule has 0 aromatic heterocycles. The predicted molar refractivity (Wildman–Crippen MR) is 103 cm³/mol. The third-order valence-electron chi connectivity index (χ3n) is 4.54. The number of benzene rings is 2. The van der Waals surface area contributed by atoms with E-state index in [9.17, 15) is 13.2 Å². The lowest BCUT2D eigenvalue weighted by Crippen LogP contribution is -2.41. The molecule has 1 heterocycles. The summed E-state index contributed by atoms with van der Waals surface area (Å²) in [6, 6.07) is 16.2. The standard InChI is InChI=1S/C19H21ClN2O3S/c20-17-8-4-5-9-18(17)21-19(23)16-10-12-22(13-11-16)26(24,25)14-15-6-2-1-3-7-15/h1-9,16H,10-14H2,(H,21,23). The van der Waals surface area contributed by atoms with E-state index >= 15 is 0 Å². The zero-order valence-electron chi connectivity index (χ0n) is 14.3. The Labute approximate surface area is 159 Å². The van der Waals surface area contributed by atoms with Gasteiger partial charge in [-0.25, -0.2) is 12.7 Å². The smallest absolute Gasteiger partial charge is 0.227 e. The number of rotatable bonds is 5. The van der Waals surface area contributed by atoms with E-state index in [0.29, 0.717) is 36.6 Å². The number of piperidine rings is 1. The highest BCUT2D eigenvalue weighted by atomic mass is 35.5. The molecule has 2 aromatic rings. The van der Waals surface area contributed by atoms with Gasteiger partial charge in [-0.05, 0) is 30.5 Å². The highest BCUT2D eigenvalue weighted by Crippen LogP contribution is 2.25. The van der Waals surface area contributed by atoms with Crippen LogP contribution in [0.4, 0.5) is 5.69 Å². The number of carbonyl (C=O) groups is 1. The molecule has 1 aliphatic rings. The average molecular weight is 393 g/mol. The van der Waals surface area contributed by atoms with Crippen LogP contribution in [0.3, 0.4) is 0 Å². The van der Waals surface area contributed by atoms with E-state index in [2.05, 4.69) is 5.32 Å². The minimum absolute atomic E-state index is 0.00960. The molecule has 7 heteroatoms. The number of para-hydroxylation sites is 1. The van der Waals surface area contributed by atoms with Gasteiger partial charge in [0.05, 0.1) is 16.5 Å². The maximum absolute atomic E-state index is 12.6. The van der Waals surface area contributed by atoms with Crippen LogP contribution < -0.4 is 5.32 Å². The lowest BCUT2D eigenvalue weighted by molar-refractivity contribution is -0.120. The number of hydrogen-bond acceptors (Lipinski definition) is 3. The maximum Gasteiger partial charge on any atom is 0.227 e. The molecule has 0 unspecified atom stereocenters. The number of sulfonamides is 1. The van der Waals surface area contributed by atoms with Crippen LogP contribution in [0.1, 0.15) is 18.4 Å². The van der Waals surface area contributed by atoms with Gasteiger partial charge in [-0.1, -0.05) is 54.1 Å². The second-order valence-corrected chi connectivity index (χ2v) is 8.76. The average Bonchev–Trinajstić information content (AvgIpc) is 2.64. The number of amides is 1. The lowest BCUT2D eigenvalue weighted by Gasteiger charge is -2.30. The van der Waals surface area contributed by atoms with Crippen molar-refractivity contribution in [2.75, 3.05) is 18.4 Å². The molecule has 1 N–H and O–H groups in total. The van der Waals surface area contributed by atoms with Crippen molar-refractivity contribution in [2.45, 2.75) is 18.6 Å². The summed E-state index contributed by atoms with van der Waals surface area (Å²) < 4.78 is 26.6. The van der Waals surface area contributed by atoms with Gasteiger partial charge in [-0.15, -0.1) is 0 Å². The van der Waals surface area contributed by atoms with Crippen molar-refractivity contribution >= 4 is 33.2 Å². The Bertz CT molecular complexity index is 863. The zero-order valence-corrected chi connectivity index (χ0v) is 15.8. The molecule has 5 nitrogen and oxygen atoms in total. The van der Waals surface area contributed by atoms with Gasteiger partial charge in [0.2, 0.25) is 15.9 Å². The number of halogens is 1. The van der Waals surface area contributed by atoms with Crippen LogP contribution in [0, 0.1) is 5.92 Å². The van der Waals surface area contributed by atoms with Gasteiger partial charge < -0.3 is 5.32 Å². The van der Waals surface area contributed by atoms with E-state index in [4.69, 9.17) is 11.6 Å². The van der Waals surface area contributed by atoms with Crippen molar-refractivity contribution in [3.8, 4) is 0 Å². The molecular weight excluding hydrogens is 372 g/mol. The van der Waals surface area contributed by atoms with Crippen molar-refractivity contribution in [1.29, 1.82) is 0 Å². The first kappa shape index (κ1) is 18.9. The van der Waals surface area contributed by atoms with Crippen molar-refractivity contribution in [1.82, 2.24) is 4.31 Å². The number of nitrogens with zero attached hydrogens (tertiary/aromatic N) is 1. The summed E-state index contributed by atoms with van der Waals surface area (Å²) in [6.07, 6.45) is 1.01. The molecule has 26 heavy (non-hydrogen) atoms. The fourth-order valence-electron chi connectivity index (χ4n) is 3.07. The van der Waals surface area contributed by atoms with E-state index in [0.717, 1.165) is 5.56 Å². The first-order valence-electron chi connectivity index (χ1n) is 8.53. The quantitative estimate of drug-likeness (QED) is 0.846. The van der Waals surface area contributed by atoms with E-state index in [1.54, 1.807) is 36.4 Å². The molecule has 0 bridgehead atoms. The van der Waals surface area contributed by atoms with Crippen molar-refractivity contribution in [2.24, 2.45) is 5.92 Å². The molecule has 0 saturated carbocycles. The van der Waals surface area contributed by atoms with Gasteiger partial charge in [0.25, 0.3) is 0 Å². The van der Waals surface area contributed by atoms with Gasteiger partial charge in [0, 0.05) is 19.0 Å². The molecule has 0 aliphatic carbocycles. The summed E-state index contributed by atoms with van der Waals surface area (Å²) in [5.74, 6) is -0.336. The number of nitrogens with one attached hydrogen (secondary N) is 1. The Morgan fingerprint density at radius 2 is 1.65 bits per heavy atom. The maximum atomic E-state index is 12.6. The summed E-state index contributed by atoms with van der Waals surface area (Å²) in [5.41, 5.74) is 1.35. The van der Waals surface area contributed by atoms with E-state index in [1.807, 2.05) is 18.2 Å². The van der Waals surface area contributed by atoms with Crippen LogP contribution in [0.5, 0.6) is 0 Å². The Morgan fingerprint density at radius 1 is 1.04 bits per heavy atom. The minimum atomic E-state index is -3.37. The first-order chi connectivity index (χ1) is 12.5. The Morgan fingerprint density at radius 3 is 2.31 bits per heavy atom. The summed E-state index contributed by atoms with van der Waals surface area (Å²) >= 11 is 6.07. The van der Waals surface area contributed by atoms with Crippen LogP contribution in [0.2, 0.25) is 5.02 Å². The fourth-order valence-corrected chi connectivity index (χ4v) is 4.82. The molecule has 1 saturated heterocycles. The normalized spacial score (nSPS) is 16.3. The molecular formula is C19H21ClN2O3S. The monoisotopic (exact) mass is 392 g/mol. The zero-order chi connectivity index (χ0) is 18.6. The van der Waals surface area contributed by atoms with E-state index < -0.39 is 10.0 Å². The van der Waals surface area contributed by atoms with Crippen LogP contribution in [-0.4, -0.2) is 31.7 Å². The summed E-state index contributed by atoms with van der Waals surface area (Å²) in [5, 5.41) is 3.32. The van der Waals surface area contributed by atoms with Crippen LogP contribution in [0.15, 0.2) is 54.6 Å². The highest BCUT2D eigenvalue weighted by molar-refractivity contribution is 7.88. The first-order valence-corrected chi connectivity index (χ1v) is 10.5. The Kier molecular flexibility index (Phi) is 5.96. The number of anilines is 1. The van der Waals surface area contributed by atoms with Gasteiger partial charge in [0.1, 0.15) is 0 Å². The number of carbonyl (C=O) groups excluding carboxylic acids is 1.